The average molecular weight is 415 g/mol. The highest BCUT2D eigenvalue weighted by Gasteiger charge is 2.19. The lowest BCUT2D eigenvalue weighted by Gasteiger charge is -2.13. The van der Waals surface area contributed by atoms with Gasteiger partial charge in [-0.15, -0.1) is 11.3 Å². The van der Waals surface area contributed by atoms with Crippen molar-refractivity contribution in [2.75, 3.05) is 19.0 Å². The molecule has 26 heavy (non-hydrogen) atoms. The molecule has 1 atom stereocenters. The van der Waals surface area contributed by atoms with Crippen LogP contribution in [0.4, 0.5) is 5.69 Å². The first kappa shape index (κ1) is 20.5. The number of hydrogen-bond acceptors (Lipinski definition) is 7. The van der Waals surface area contributed by atoms with Gasteiger partial charge in [-0.25, -0.2) is 4.98 Å². The van der Waals surface area contributed by atoms with Crippen LogP contribution in [0.2, 0.25) is 5.02 Å². The van der Waals surface area contributed by atoms with E-state index in [0.29, 0.717) is 33.1 Å². The standard InChI is InChI=1S/C17H19ClN2O4S2/c1-4-24-15(21)8-12-9-25-17(19-12)26-10(2)16(22)20-13-7-11(18)5-6-14(13)23-3/h5-7,9-10H,4,8H2,1-3H3,(H,20,22). The van der Waals surface area contributed by atoms with Crippen LogP contribution in [0.3, 0.4) is 0 Å². The molecule has 1 unspecified atom stereocenters. The normalized spacial score (nSPS) is 11.7. The number of carbonyl (C=O) groups is 2. The number of halogens is 1. The fraction of sp³-hybridized carbons (Fsp3) is 0.353. The maximum Gasteiger partial charge on any atom is 0.311 e. The van der Waals surface area contributed by atoms with Crippen LogP contribution in [0.5, 0.6) is 5.75 Å². The van der Waals surface area contributed by atoms with Crippen molar-refractivity contribution in [2.24, 2.45) is 0 Å². The summed E-state index contributed by atoms with van der Waals surface area (Å²) in [7, 11) is 1.53. The number of amides is 1. The van der Waals surface area contributed by atoms with Gasteiger partial charge in [0, 0.05) is 10.4 Å². The predicted molar refractivity (Wildman–Crippen MR) is 104 cm³/mol. The van der Waals surface area contributed by atoms with Gasteiger partial charge in [-0.1, -0.05) is 23.4 Å². The van der Waals surface area contributed by atoms with Gasteiger partial charge in [0.2, 0.25) is 5.91 Å². The van der Waals surface area contributed by atoms with Crippen molar-refractivity contribution in [3.8, 4) is 5.75 Å². The van der Waals surface area contributed by atoms with E-state index >= 15 is 0 Å². The summed E-state index contributed by atoms with van der Waals surface area (Å²) in [5.41, 5.74) is 1.15. The summed E-state index contributed by atoms with van der Waals surface area (Å²) in [5.74, 6) is 0.0248. The Morgan fingerprint density at radius 1 is 1.42 bits per heavy atom. The molecule has 6 nitrogen and oxygen atoms in total. The van der Waals surface area contributed by atoms with Crippen LogP contribution in [0.15, 0.2) is 27.9 Å². The van der Waals surface area contributed by atoms with Gasteiger partial charge in [0.05, 0.1) is 36.8 Å². The second-order valence-corrected chi connectivity index (χ2v) is 8.06. The molecule has 0 radical (unpaired) electrons. The Morgan fingerprint density at radius 3 is 2.88 bits per heavy atom. The average Bonchev–Trinajstić information content (AvgIpc) is 3.02. The number of methoxy groups -OCH3 is 1. The zero-order valence-electron chi connectivity index (χ0n) is 14.6. The number of hydrogen-bond donors (Lipinski definition) is 1. The van der Waals surface area contributed by atoms with Crippen molar-refractivity contribution in [1.82, 2.24) is 4.98 Å². The number of ether oxygens (including phenoxy) is 2. The van der Waals surface area contributed by atoms with Crippen molar-refractivity contribution in [3.63, 3.8) is 0 Å². The molecule has 0 saturated heterocycles. The third-order valence-electron chi connectivity index (χ3n) is 3.23. The number of nitrogens with one attached hydrogen (secondary N) is 1. The maximum absolute atomic E-state index is 12.4. The molecule has 1 N–H and O–H groups in total. The van der Waals surface area contributed by atoms with Crippen LogP contribution in [0.1, 0.15) is 19.5 Å². The van der Waals surface area contributed by atoms with Gasteiger partial charge < -0.3 is 14.8 Å². The Bertz CT molecular complexity index is 782. The summed E-state index contributed by atoms with van der Waals surface area (Å²) in [5, 5.41) is 4.72. The van der Waals surface area contributed by atoms with E-state index in [9.17, 15) is 9.59 Å². The highest BCUT2D eigenvalue weighted by molar-refractivity contribution is 8.02. The molecular weight excluding hydrogens is 396 g/mol. The Labute approximate surface area is 165 Å². The summed E-state index contributed by atoms with van der Waals surface area (Å²) >= 11 is 8.68. The smallest absolute Gasteiger partial charge is 0.311 e. The number of rotatable bonds is 8. The topological polar surface area (TPSA) is 77.5 Å². The van der Waals surface area contributed by atoms with E-state index in [2.05, 4.69) is 10.3 Å². The molecule has 0 spiro atoms. The Kier molecular flexibility index (Phi) is 7.74. The number of thiazole rings is 1. The van der Waals surface area contributed by atoms with Crippen molar-refractivity contribution in [2.45, 2.75) is 29.9 Å². The predicted octanol–water partition coefficient (Wildman–Crippen LogP) is 4.03. The van der Waals surface area contributed by atoms with Gasteiger partial charge in [-0.3, -0.25) is 9.59 Å². The molecule has 1 aromatic heterocycles. The van der Waals surface area contributed by atoms with Crippen molar-refractivity contribution in [3.05, 3.63) is 34.3 Å². The molecule has 9 heteroatoms. The second kappa shape index (κ2) is 9.80. The Hall–Kier alpha value is -1.77. The number of nitrogens with zero attached hydrogens (tertiary/aromatic N) is 1. The van der Waals surface area contributed by atoms with E-state index in [1.807, 2.05) is 0 Å². The Balaban J connectivity index is 1.96. The number of carbonyl (C=O) groups excluding carboxylic acids is 2. The zero-order chi connectivity index (χ0) is 19.1. The molecule has 0 aliphatic heterocycles. The van der Waals surface area contributed by atoms with Crippen molar-refractivity contribution >= 4 is 52.3 Å². The molecule has 1 amide bonds. The fourth-order valence-corrected chi connectivity index (χ4v) is 4.15. The number of benzene rings is 1. The summed E-state index contributed by atoms with van der Waals surface area (Å²) in [6, 6.07) is 5.02. The van der Waals surface area contributed by atoms with Gasteiger partial charge >= 0.3 is 5.97 Å². The molecule has 1 heterocycles. The van der Waals surface area contributed by atoms with E-state index in [1.54, 1.807) is 37.4 Å². The van der Waals surface area contributed by atoms with Gasteiger partial charge in [0.25, 0.3) is 0 Å². The molecule has 2 rings (SSSR count). The third-order valence-corrected chi connectivity index (χ3v) is 5.58. The van der Waals surface area contributed by atoms with Crippen LogP contribution in [0.25, 0.3) is 0 Å². The minimum atomic E-state index is -0.389. The summed E-state index contributed by atoms with van der Waals surface area (Å²) in [6.07, 6.45) is 0.130. The molecule has 0 aliphatic rings. The van der Waals surface area contributed by atoms with Crippen LogP contribution < -0.4 is 10.1 Å². The highest BCUT2D eigenvalue weighted by Crippen LogP contribution is 2.31. The van der Waals surface area contributed by atoms with Crippen molar-refractivity contribution < 1.29 is 19.1 Å². The molecule has 0 bridgehead atoms. The van der Waals surface area contributed by atoms with Crippen LogP contribution >= 0.6 is 34.7 Å². The fourth-order valence-electron chi connectivity index (χ4n) is 2.00. The lowest BCUT2D eigenvalue weighted by molar-refractivity contribution is -0.142. The number of esters is 1. The minimum Gasteiger partial charge on any atom is -0.495 e. The van der Waals surface area contributed by atoms with Gasteiger partial charge in [-0.2, -0.15) is 0 Å². The molecule has 2 aromatic rings. The first-order chi connectivity index (χ1) is 12.4. The Morgan fingerprint density at radius 2 is 2.19 bits per heavy atom. The van der Waals surface area contributed by atoms with E-state index in [1.165, 1.54) is 30.2 Å². The molecule has 1 aromatic carbocycles. The SMILES string of the molecule is CCOC(=O)Cc1csc(SC(C)C(=O)Nc2cc(Cl)ccc2OC)n1. The highest BCUT2D eigenvalue weighted by atomic mass is 35.5. The summed E-state index contributed by atoms with van der Waals surface area (Å²) in [6.45, 7) is 3.88. The van der Waals surface area contributed by atoms with Crippen LogP contribution in [-0.2, 0) is 20.7 Å². The lowest BCUT2D eigenvalue weighted by atomic mass is 10.3. The largest absolute Gasteiger partial charge is 0.495 e. The molecule has 0 fully saturated rings. The summed E-state index contributed by atoms with van der Waals surface area (Å²) in [4.78, 5) is 28.3. The van der Waals surface area contributed by atoms with E-state index in [0.717, 1.165) is 0 Å². The lowest BCUT2D eigenvalue weighted by Crippen LogP contribution is -2.22. The first-order valence-corrected chi connectivity index (χ1v) is 9.97. The molecule has 0 saturated carbocycles. The minimum absolute atomic E-state index is 0.130. The van der Waals surface area contributed by atoms with Crippen LogP contribution in [-0.4, -0.2) is 35.8 Å². The van der Waals surface area contributed by atoms with E-state index in [4.69, 9.17) is 21.1 Å². The zero-order valence-corrected chi connectivity index (χ0v) is 17.0. The quantitative estimate of drug-likeness (QED) is 0.519. The van der Waals surface area contributed by atoms with E-state index in [-0.39, 0.29) is 23.5 Å². The van der Waals surface area contributed by atoms with Gasteiger partial charge in [-0.05, 0) is 32.0 Å². The third kappa shape index (κ3) is 5.89. The monoisotopic (exact) mass is 414 g/mol. The van der Waals surface area contributed by atoms with Crippen LogP contribution in [0, 0.1) is 0 Å². The van der Waals surface area contributed by atoms with E-state index < -0.39 is 0 Å². The number of anilines is 1. The number of thioether (sulfide) groups is 1. The van der Waals surface area contributed by atoms with Gasteiger partial charge in [0.15, 0.2) is 4.34 Å². The maximum atomic E-state index is 12.4. The van der Waals surface area contributed by atoms with Gasteiger partial charge in [0.1, 0.15) is 5.75 Å². The summed E-state index contributed by atoms with van der Waals surface area (Å²) < 4.78 is 10.8. The molecule has 0 aliphatic carbocycles. The first-order valence-electron chi connectivity index (χ1n) is 7.84. The van der Waals surface area contributed by atoms with Crippen molar-refractivity contribution in [1.29, 1.82) is 0 Å². The molecular formula is C17H19ClN2O4S2. The second-order valence-electron chi connectivity index (χ2n) is 5.18. The molecule has 140 valence electrons. The number of aromatic nitrogens is 1.